The summed E-state index contributed by atoms with van der Waals surface area (Å²) in [5.74, 6) is 0.0241. The van der Waals surface area contributed by atoms with Crippen molar-refractivity contribution in [3.63, 3.8) is 0 Å². The summed E-state index contributed by atoms with van der Waals surface area (Å²) in [5.41, 5.74) is 5.30. The third-order valence-corrected chi connectivity index (χ3v) is 5.72. The lowest BCUT2D eigenvalue weighted by Gasteiger charge is -2.02. The van der Waals surface area contributed by atoms with Gasteiger partial charge in [0.2, 0.25) is 0 Å². The first-order chi connectivity index (χ1) is 15.2. The normalized spacial score (nSPS) is 11.5. The van der Waals surface area contributed by atoms with Crippen LogP contribution in [0.15, 0.2) is 85.2 Å². The molecule has 0 atom stereocenters. The minimum absolute atomic E-state index is 0.0241. The van der Waals surface area contributed by atoms with Crippen molar-refractivity contribution in [1.82, 2.24) is 20.2 Å². The number of benzene rings is 3. The van der Waals surface area contributed by atoms with Crippen LogP contribution in [0.25, 0.3) is 43.8 Å². The Morgan fingerprint density at radius 1 is 0.806 bits per heavy atom. The van der Waals surface area contributed by atoms with E-state index in [9.17, 15) is 4.79 Å². The number of hydrogen-bond donors (Lipinski definition) is 2. The summed E-state index contributed by atoms with van der Waals surface area (Å²) >= 11 is 0. The molecule has 0 bridgehead atoms. The third kappa shape index (κ3) is 3.07. The van der Waals surface area contributed by atoms with E-state index in [1.54, 1.807) is 12.4 Å². The highest BCUT2D eigenvalue weighted by atomic mass is 16.1. The van der Waals surface area contributed by atoms with Crippen LogP contribution in [-0.4, -0.2) is 25.9 Å². The maximum atomic E-state index is 13.0. The number of hydrogen-bond acceptors (Lipinski definition) is 3. The lowest BCUT2D eigenvalue weighted by molar-refractivity contribution is 0.0989. The molecule has 0 aliphatic heterocycles. The van der Waals surface area contributed by atoms with Gasteiger partial charge in [-0.3, -0.25) is 14.9 Å². The van der Waals surface area contributed by atoms with Gasteiger partial charge in [-0.2, -0.15) is 0 Å². The summed E-state index contributed by atoms with van der Waals surface area (Å²) in [6.07, 6.45) is 3.88. The summed E-state index contributed by atoms with van der Waals surface area (Å²) in [6.45, 7) is 0. The quantitative estimate of drug-likeness (QED) is 0.372. The fourth-order valence-electron chi connectivity index (χ4n) is 4.15. The van der Waals surface area contributed by atoms with Gasteiger partial charge in [-0.1, -0.05) is 42.5 Å². The molecule has 5 heteroatoms. The van der Waals surface area contributed by atoms with Gasteiger partial charge in [-0.15, -0.1) is 0 Å². The van der Waals surface area contributed by atoms with Crippen LogP contribution in [0.1, 0.15) is 16.1 Å². The Bertz CT molecular complexity index is 1580. The molecule has 3 aromatic carbocycles. The van der Waals surface area contributed by atoms with Gasteiger partial charge < -0.3 is 5.10 Å². The van der Waals surface area contributed by atoms with Crippen LogP contribution in [-0.2, 0) is 6.42 Å². The number of carbonyl (C=O) groups is 1. The number of aromatic nitrogens is 4. The van der Waals surface area contributed by atoms with Crippen molar-refractivity contribution < 1.29 is 4.79 Å². The Balaban J connectivity index is 1.35. The summed E-state index contributed by atoms with van der Waals surface area (Å²) in [4.78, 5) is 21.7. The fourth-order valence-corrected chi connectivity index (χ4v) is 4.15. The summed E-state index contributed by atoms with van der Waals surface area (Å²) in [5, 5.41) is 10.8. The summed E-state index contributed by atoms with van der Waals surface area (Å²) in [7, 11) is 0. The minimum Gasteiger partial charge on any atom is -0.300 e. The molecule has 5 nitrogen and oxygen atoms in total. The molecule has 0 aliphatic rings. The summed E-state index contributed by atoms with van der Waals surface area (Å²) < 4.78 is 0. The van der Waals surface area contributed by atoms with Crippen LogP contribution in [0.5, 0.6) is 0 Å². The molecule has 0 aliphatic carbocycles. The van der Waals surface area contributed by atoms with E-state index < -0.39 is 0 Å². The van der Waals surface area contributed by atoms with E-state index in [-0.39, 0.29) is 5.78 Å². The van der Waals surface area contributed by atoms with Crippen molar-refractivity contribution in [2.24, 2.45) is 0 Å². The van der Waals surface area contributed by atoms with Crippen LogP contribution >= 0.6 is 0 Å². The van der Waals surface area contributed by atoms with Gasteiger partial charge in [0, 0.05) is 35.2 Å². The molecule has 31 heavy (non-hydrogen) atoms. The van der Waals surface area contributed by atoms with Gasteiger partial charge in [0.15, 0.2) is 5.78 Å². The lowest BCUT2D eigenvalue weighted by Crippen LogP contribution is -2.03. The Hall–Kier alpha value is -4.25. The second-order valence-electron chi connectivity index (χ2n) is 7.74. The first-order valence-electron chi connectivity index (χ1n) is 10.2. The highest BCUT2D eigenvalue weighted by Crippen LogP contribution is 2.30. The second-order valence-corrected chi connectivity index (χ2v) is 7.74. The van der Waals surface area contributed by atoms with E-state index in [1.807, 2.05) is 42.5 Å². The monoisotopic (exact) mass is 402 g/mol. The van der Waals surface area contributed by atoms with Crippen LogP contribution in [0.3, 0.4) is 0 Å². The molecule has 0 radical (unpaired) electrons. The molecule has 0 saturated carbocycles. The Morgan fingerprint density at radius 3 is 2.52 bits per heavy atom. The van der Waals surface area contributed by atoms with Gasteiger partial charge in [0.05, 0.1) is 16.7 Å². The molecule has 6 rings (SSSR count). The van der Waals surface area contributed by atoms with Crippen molar-refractivity contribution in [2.45, 2.75) is 6.42 Å². The lowest BCUT2D eigenvalue weighted by atomic mass is 10.0. The van der Waals surface area contributed by atoms with E-state index in [0.29, 0.717) is 12.1 Å². The smallest absolute Gasteiger partial charge is 0.185 e. The highest BCUT2D eigenvalue weighted by Gasteiger charge is 2.15. The fraction of sp³-hybridized carbons (Fsp3) is 0.0385. The molecule has 2 N–H and O–H groups in total. The Labute approximate surface area is 177 Å². The van der Waals surface area contributed by atoms with Gasteiger partial charge in [-0.25, -0.2) is 4.98 Å². The van der Waals surface area contributed by atoms with Gasteiger partial charge in [-0.05, 0) is 46.7 Å². The van der Waals surface area contributed by atoms with Crippen molar-refractivity contribution in [2.75, 3.05) is 0 Å². The molecule has 0 unspecified atom stereocenters. The standard InChI is InChI=1S/C26H18N4O/c31-25(12-16-5-6-17-3-1-2-4-19(17)11-16)24-14-20-13-21-23(15-22(20)28-24)29-30-26(21)18-7-9-27-10-8-18/h1-11,13-15,29-30H,12H2. The summed E-state index contributed by atoms with van der Waals surface area (Å²) in [6, 6.07) is 24.2. The van der Waals surface area contributed by atoms with Crippen molar-refractivity contribution in [1.29, 1.82) is 0 Å². The van der Waals surface area contributed by atoms with Crippen LogP contribution in [0, 0.1) is 0 Å². The third-order valence-electron chi connectivity index (χ3n) is 5.72. The molecule has 3 aromatic heterocycles. The van der Waals surface area contributed by atoms with Crippen molar-refractivity contribution in [3.8, 4) is 11.3 Å². The zero-order valence-corrected chi connectivity index (χ0v) is 16.6. The molecular weight excluding hydrogens is 384 g/mol. The number of rotatable bonds is 4. The van der Waals surface area contributed by atoms with Gasteiger partial charge >= 0.3 is 0 Å². The van der Waals surface area contributed by atoms with E-state index in [4.69, 9.17) is 0 Å². The van der Waals surface area contributed by atoms with E-state index in [1.165, 1.54) is 5.39 Å². The van der Waals surface area contributed by atoms with E-state index >= 15 is 0 Å². The maximum absolute atomic E-state index is 13.0. The number of H-pyrrole nitrogens is 2. The number of nitrogens with one attached hydrogen (secondary N) is 2. The predicted octanol–water partition coefficient (Wildman–Crippen LogP) is 5.68. The second kappa shape index (κ2) is 6.92. The van der Waals surface area contributed by atoms with E-state index in [2.05, 4.69) is 50.5 Å². The molecule has 0 spiro atoms. The predicted molar refractivity (Wildman–Crippen MR) is 123 cm³/mol. The number of ketones is 1. The van der Waals surface area contributed by atoms with Crippen LogP contribution < -0.4 is 0 Å². The largest absolute Gasteiger partial charge is 0.300 e. The van der Waals surface area contributed by atoms with E-state index in [0.717, 1.165) is 44.0 Å². The molecular formula is C26H18N4O. The molecule has 6 aromatic rings. The Morgan fingerprint density at radius 2 is 1.65 bits per heavy atom. The average Bonchev–Trinajstić information content (AvgIpc) is 3.41. The zero-order chi connectivity index (χ0) is 20.8. The van der Waals surface area contributed by atoms with Gasteiger partial charge in [0.25, 0.3) is 0 Å². The Kier molecular flexibility index (Phi) is 3.93. The first kappa shape index (κ1) is 17.6. The number of nitrogens with zero attached hydrogens (tertiary/aromatic N) is 2. The number of fused-ring (bicyclic) bond motifs is 3. The molecule has 3 heterocycles. The minimum atomic E-state index is 0.0241. The highest BCUT2D eigenvalue weighted by molar-refractivity contribution is 6.06. The zero-order valence-electron chi connectivity index (χ0n) is 16.6. The average molecular weight is 402 g/mol. The number of carbonyl (C=O) groups excluding carboxylic acids is 1. The first-order valence-corrected chi connectivity index (χ1v) is 10.2. The number of pyridine rings is 1. The SMILES string of the molecule is O=C(Cc1ccc2ccccc2c1)c1cc2cc3c(-c4ccncc4)[nH][nH]c3cc2n1. The maximum Gasteiger partial charge on any atom is 0.185 e. The topological polar surface area (TPSA) is 74.4 Å². The van der Waals surface area contributed by atoms with Crippen LogP contribution in [0.4, 0.5) is 0 Å². The molecule has 0 fully saturated rings. The van der Waals surface area contributed by atoms with Crippen LogP contribution in [0.2, 0.25) is 0 Å². The number of Topliss-reactive ketones (excluding diaryl/α,β-unsaturated/α-hetero) is 1. The number of aromatic amines is 2. The molecule has 0 amide bonds. The van der Waals surface area contributed by atoms with Crippen molar-refractivity contribution >= 4 is 38.4 Å². The molecule has 148 valence electrons. The molecule has 0 saturated heterocycles. The van der Waals surface area contributed by atoms with Crippen molar-refractivity contribution in [3.05, 3.63) is 96.4 Å². The van der Waals surface area contributed by atoms with Gasteiger partial charge in [0.1, 0.15) is 5.69 Å².